The van der Waals surface area contributed by atoms with Crippen molar-refractivity contribution in [3.8, 4) is 0 Å². The van der Waals surface area contributed by atoms with Gasteiger partial charge < -0.3 is 5.11 Å². The number of fused-ring (bicyclic) bond motifs is 1. The predicted octanol–water partition coefficient (Wildman–Crippen LogP) is 2.74. The zero-order chi connectivity index (χ0) is 9.42. The number of benzene rings is 1. The number of thiophene rings is 1. The molecule has 1 N–H and O–H groups in total. The summed E-state index contributed by atoms with van der Waals surface area (Å²) in [5, 5.41) is 10.9. The highest BCUT2D eigenvalue weighted by atomic mass is 32.1. The van der Waals surface area contributed by atoms with Crippen molar-refractivity contribution in [2.24, 2.45) is 0 Å². The Kier molecular flexibility index (Phi) is 1.77. The highest BCUT2D eigenvalue weighted by Gasteiger charge is 2.10. The summed E-state index contributed by atoms with van der Waals surface area (Å²) in [6, 6.07) is 4.10. The molecule has 66 valence electrons. The van der Waals surface area contributed by atoms with Crippen LogP contribution in [0.25, 0.3) is 10.1 Å². The Bertz CT molecular complexity index is 475. The molecule has 0 unspecified atom stereocenters. The van der Waals surface area contributed by atoms with Gasteiger partial charge in [0.25, 0.3) is 0 Å². The van der Waals surface area contributed by atoms with Crippen molar-refractivity contribution >= 4 is 27.4 Å². The lowest BCUT2D eigenvalue weighted by atomic mass is 10.2. The van der Waals surface area contributed by atoms with Crippen molar-refractivity contribution in [3.63, 3.8) is 0 Å². The molecule has 13 heavy (non-hydrogen) atoms. The Labute approximate surface area is 77.2 Å². The molecule has 4 heteroatoms. The van der Waals surface area contributed by atoms with Crippen molar-refractivity contribution in [1.29, 1.82) is 0 Å². The number of carboxylic acid groups (broad SMARTS) is 1. The van der Waals surface area contributed by atoms with Crippen LogP contribution in [0.1, 0.15) is 10.4 Å². The number of aromatic carboxylic acids is 1. The SMILES string of the molecule is O=C(O)c1csc2cc(F)ccc12. The first-order valence-electron chi connectivity index (χ1n) is 3.58. The fourth-order valence-corrected chi connectivity index (χ4v) is 2.13. The quantitative estimate of drug-likeness (QED) is 0.761. The Hall–Kier alpha value is -1.42. The van der Waals surface area contributed by atoms with E-state index in [2.05, 4.69) is 0 Å². The van der Waals surface area contributed by atoms with Crippen LogP contribution in [0.4, 0.5) is 4.39 Å². The van der Waals surface area contributed by atoms with Crippen molar-refractivity contribution in [2.75, 3.05) is 0 Å². The Morgan fingerprint density at radius 1 is 1.46 bits per heavy atom. The first kappa shape index (κ1) is 8.19. The summed E-state index contributed by atoms with van der Waals surface area (Å²) in [5.74, 6) is -1.32. The molecule has 2 aromatic rings. The van der Waals surface area contributed by atoms with Gasteiger partial charge in [0.2, 0.25) is 0 Å². The molecule has 0 atom stereocenters. The van der Waals surface area contributed by atoms with Crippen LogP contribution in [0.5, 0.6) is 0 Å². The highest BCUT2D eigenvalue weighted by Crippen LogP contribution is 2.26. The predicted molar refractivity (Wildman–Crippen MR) is 48.7 cm³/mol. The molecule has 0 aliphatic rings. The fraction of sp³-hybridized carbons (Fsp3) is 0. The summed E-state index contributed by atoms with van der Waals surface area (Å²) in [6.45, 7) is 0. The number of carbonyl (C=O) groups is 1. The van der Waals surface area contributed by atoms with Gasteiger partial charge in [-0.2, -0.15) is 0 Å². The minimum absolute atomic E-state index is 0.236. The van der Waals surface area contributed by atoms with Gasteiger partial charge in [-0.25, -0.2) is 9.18 Å². The Balaban J connectivity index is 2.76. The first-order valence-corrected chi connectivity index (χ1v) is 4.46. The van der Waals surface area contributed by atoms with E-state index in [1.54, 1.807) is 0 Å². The number of hydrogen-bond acceptors (Lipinski definition) is 2. The molecule has 2 rings (SSSR count). The smallest absolute Gasteiger partial charge is 0.337 e. The maximum absolute atomic E-state index is 12.7. The molecule has 1 heterocycles. The maximum atomic E-state index is 12.7. The second-order valence-corrected chi connectivity index (χ2v) is 3.51. The largest absolute Gasteiger partial charge is 0.478 e. The van der Waals surface area contributed by atoms with Gasteiger partial charge in [0.15, 0.2) is 0 Å². The number of rotatable bonds is 1. The van der Waals surface area contributed by atoms with Crippen LogP contribution in [0.15, 0.2) is 23.6 Å². The molecule has 0 aliphatic heterocycles. The van der Waals surface area contributed by atoms with E-state index in [1.165, 1.54) is 34.9 Å². The van der Waals surface area contributed by atoms with Crippen molar-refractivity contribution in [1.82, 2.24) is 0 Å². The fourth-order valence-electron chi connectivity index (χ4n) is 1.17. The van der Waals surface area contributed by atoms with E-state index in [0.717, 1.165) is 0 Å². The van der Waals surface area contributed by atoms with Gasteiger partial charge in [-0.05, 0) is 18.2 Å². The minimum atomic E-state index is -0.974. The van der Waals surface area contributed by atoms with Crippen LogP contribution in [-0.4, -0.2) is 11.1 Å². The normalized spacial score (nSPS) is 10.5. The topological polar surface area (TPSA) is 37.3 Å². The summed E-state index contributed by atoms with van der Waals surface area (Å²) in [4.78, 5) is 10.7. The van der Waals surface area contributed by atoms with Crippen LogP contribution < -0.4 is 0 Å². The molecule has 0 fully saturated rings. The molecule has 0 spiro atoms. The van der Waals surface area contributed by atoms with Gasteiger partial charge in [-0.15, -0.1) is 11.3 Å². The number of hydrogen-bond donors (Lipinski definition) is 1. The second kappa shape index (κ2) is 2.81. The summed E-state index contributed by atoms with van der Waals surface area (Å²) in [6.07, 6.45) is 0. The van der Waals surface area contributed by atoms with E-state index in [-0.39, 0.29) is 11.4 Å². The lowest BCUT2D eigenvalue weighted by Gasteiger charge is -1.91. The molecule has 0 radical (unpaired) electrons. The second-order valence-electron chi connectivity index (χ2n) is 2.60. The maximum Gasteiger partial charge on any atom is 0.337 e. The van der Waals surface area contributed by atoms with Crippen LogP contribution in [0.3, 0.4) is 0 Å². The molecule has 0 amide bonds. The van der Waals surface area contributed by atoms with E-state index >= 15 is 0 Å². The van der Waals surface area contributed by atoms with Crippen molar-refractivity contribution in [2.45, 2.75) is 0 Å². The third kappa shape index (κ3) is 1.29. The molecule has 0 aliphatic carbocycles. The summed E-state index contributed by atoms with van der Waals surface area (Å²) in [5.41, 5.74) is 0.236. The molecular formula is C9H5FO2S. The van der Waals surface area contributed by atoms with Crippen LogP contribution in [0.2, 0.25) is 0 Å². The summed E-state index contributed by atoms with van der Waals surface area (Å²) in [7, 11) is 0. The monoisotopic (exact) mass is 196 g/mol. The van der Waals surface area contributed by atoms with Gasteiger partial charge in [-0.1, -0.05) is 0 Å². The molecule has 1 aromatic heterocycles. The zero-order valence-electron chi connectivity index (χ0n) is 6.45. The Morgan fingerprint density at radius 3 is 2.92 bits per heavy atom. The van der Waals surface area contributed by atoms with Gasteiger partial charge in [-0.3, -0.25) is 0 Å². The van der Waals surface area contributed by atoms with E-state index in [9.17, 15) is 9.18 Å². The van der Waals surface area contributed by atoms with E-state index in [1.807, 2.05) is 0 Å². The van der Waals surface area contributed by atoms with E-state index in [0.29, 0.717) is 10.1 Å². The zero-order valence-corrected chi connectivity index (χ0v) is 7.27. The summed E-state index contributed by atoms with van der Waals surface area (Å²) >= 11 is 1.24. The summed E-state index contributed by atoms with van der Waals surface area (Å²) < 4.78 is 13.4. The van der Waals surface area contributed by atoms with Crippen molar-refractivity contribution < 1.29 is 14.3 Å². The highest BCUT2D eigenvalue weighted by molar-refractivity contribution is 7.17. The number of halogens is 1. The minimum Gasteiger partial charge on any atom is -0.478 e. The molecule has 0 saturated carbocycles. The van der Waals surface area contributed by atoms with Crippen LogP contribution in [0, 0.1) is 5.82 Å². The Morgan fingerprint density at radius 2 is 2.23 bits per heavy atom. The first-order chi connectivity index (χ1) is 6.18. The van der Waals surface area contributed by atoms with Gasteiger partial charge >= 0.3 is 5.97 Å². The standard InChI is InChI=1S/C9H5FO2S/c10-5-1-2-6-7(9(11)12)4-13-8(6)3-5/h1-4H,(H,11,12). The lowest BCUT2D eigenvalue weighted by Crippen LogP contribution is -1.93. The van der Waals surface area contributed by atoms with Gasteiger partial charge in [0.1, 0.15) is 5.82 Å². The molecule has 0 saturated heterocycles. The van der Waals surface area contributed by atoms with Gasteiger partial charge in [0.05, 0.1) is 5.56 Å². The average molecular weight is 196 g/mol. The van der Waals surface area contributed by atoms with Crippen molar-refractivity contribution in [3.05, 3.63) is 35.0 Å². The molecule has 0 bridgehead atoms. The lowest BCUT2D eigenvalue weighted by molar-refractivity contribution is 0.0699. The molecule has 2 nitrogen and oxygen atoms in total. The number of carboxylic acids is 1. The van der Waals surface area contributed by atoms with Gasteiger partial charge in [0, 0.05) is 15.5 Å². The molecule has 1 aromatic carbocycles. The average Bonchev–Trinajstić information content (AvgIpc) is 2.46. The van der Waals surface area contributed by atoms with E-state index in [4.69, 9.17) is 5.11 Å². The van der Waals surface area contributed by atoms with Crippen LogP contribution >= 0.6 is 11.3 Å². The third-order valence-electron chi connectivity index (χ3n) is 1.77. The molecular weight excluding hydrogens is 191 g/mol. The third-order valence-corrected chi connectivity index (χ3v) is 2.71. The van der Waals surface area contributed by atoms with Crippen LogP contribution in [-0.2, 0) is 0 Å². The van der Waals surface area contributed by atoms with E-state index < -0.39 is 5.97 Å².